The van der Waals surface area contributed by atoms with Crippen LogP contribution in [0.2, 0.25) is 0 Å². The molecule has 0 saturated heterocycles. The molecule has 0 unspecified atom stereocenters. The van der Waals surface area contributed by atoms with E-state index in [1.54, 1.807) is 0 Å². The molecule has 0 bridgehead atoms. The average molecular weight is 238 g/mol. The van der Waals surface area contributed by atoms with Crippen molar-refractivity contribution in [2.75, 3.05) is 12.3 Å². The van der Waals surface area contributed by atoms with Crippen LogP contribution in [0.15, 0.2) is 12.1 Å². The number of rotatable bonds is 2. The molecule has 0 heterocycles. The smallest absolute Gasteiger partial charge is 0.216 e. The molecule has 0 atom stereocenters. The Morgan fingerprint density at radius 3 is 2.53 bits per heavy atom. The van der Waals surface area contributed by atoms with Crippen molar-refractivity contribution in [3.8, 4) is 11.8 Å². The summed E-state index contributed by atoms with van der Waals surface area (Å²) in [5.74, 6) is 3.49. The summed E-state index contributed by atoms with van der Waals surface area (Å²) < 4.78 is 26.1. The third-order valence-electron chi connectivity index (χ3n) is 1.94. The molecule has 5 heteroatoms. The van der Waals surface area contributed by atoms with Crippen molar-refractivity contribution in [1.29, 1.82) is 0 Å². The monoisotopic (exact) mass is 238 g/mol. The Balaban J connectivity index is 2.63. The van der Waals surface area contributed by atoms with Gasteiger partial charge in [0.1, 0.15) is 17.3 Å². The molecule has 90 valence electrons. The standard InChI is InChI=1S/C12H12F2N2O/c1-8(17)16-5-3-2-4-9-6-10(13)12(15)11(14)7-9/h6-7H,3,5,15H2,1H3,(H,16,17). The van der Waals surface area contributed by atoms with Crippen LogP contribution in [0.1, 0.15) is 18.9 Å². The lowest BCUT2D eigenvalue weighted by molar-refractivity contribution is -0.118. The highest BCUT2D eigenvalue weighted by atomic mass is 19.1. The minimum atomic E-state index is -0.823. The van der Waals surface area contributed by atoms with E-state index >= 15 is 0 Å². The number of carbonyl (C=O) groups excluding carboxylic acids is 1. The number of nitrogens with one attached hydrogen (secondary N) is 1. The van der Waals surface area contributed by atoms with Gasteiger partial charge in [-0.05, 0) is 12.1 Å². The van der Waals surface area contributed by atoms with Crippen molar-refractivity contribution >= 4 is 11.6 Å². The summed E-state index contributed by atoms with van der Waals surface area (Å²) in [4.78, 5) is 10.5. The first-order valence-corrected chi connectivity index (χ1v) is 4.98. The third kappa shape index (κ3) is 4.11. The zero-order valence-electron chi connectivity index (χ0n) is 9.31. The van der Waals surface area contributed by atoms with E-state index < -0.39 is 17.3 Å². The number of anilines is 1. The molecule has 0 radical (unpaired) electrons. The van der Waals surface area contributed by atoms with Gasteiger partial charge in [0, 0.05) is 25.5 Å². The van der Waals surface area contributed by atoms with E-state index in [1.807, 2.05) is 0 Å². The molecule has 1 aromatic carbocycles. The lowest BCUT2D eigenvalue weighted by Crippen LogP contribution is -2.20. The molecule has 1 rings (SSSR count). The number of hydrogen-bond acceptors (Lipinski definition) is 2. The third-order valence-corrected chi connectivity index (χ3v) is 1.94. The number of carbonyl (C=O) groups is 1. The Labute approximate surface area is 98.0 Å². The molecule has 3 nitrogen and oxygen atoms in total. The fraction of sp³-hybridized carbons (Fsp3) is 0.250. The van der Waals surface area contributed by atoms with Crippen LogP contribution < -0.4 is 11.1 Å². The highest BCUT2D eigenvalue weighted by molar-refractivity contribution is 5.72. The maximum Gasteiger partial charge on any atom is 0.216 e. The first kappa shape index (κ1) is 13.0. The molecule has 0 fully saturated rings. The predicted octanol–water partition coefficient (Wildman–Crippen LogP) is 1.42. The summed E-state index contributed by atoms with van der Waals surface area (Å²) in [5.41, 5.74) is 4.83. The molecule has 3 N–H and O–H groups in total. The van der Waals surface area contributed by atoms with Gasteiger partial charge in [0.2, 0.25) is 5.91 Å². The summed E-state index contributed by atoms with van der Waals surface area (Å²) in [6.45, 7) is 1.81. The number of nitrogen functional groups attached to an aromatic ring is 1. The van der Waals surface area contributed by atoms with E-state index in [4.69, 9.17) is 5.73 Å². The maximum atomic E-state index is 13.0. The summed E-state index contributed by atoms with van der Waals surface area (Å²) >= 11 is 0. The highest BCUT2D eigenvalue weighted by Gasteiger charge is 2.05. The average Bonchev–Trinajstić information content (AvgIpc) is 2.25. The van der Waals surface area contributed by atoms with Crippen molar-refractivity contribution in [3.63, 3.8) is 0 Å². The molecular weight excluding hydrogens is 226 g/mol. The van der Waals surface area contributed by atoms with Crippen LogP contribution in [0, 0.1) is 23.5 Å². The lowest BCUT2D eigenvalue weighted by atomic mass is 10.2. The van der Waals surface area contributed by atoms with Crippen LogP contribution in [0.25, 0.3) is 0 Å². The maximum absolute atomic E-state index is 13.0. The zero-order chi connectivity index (χ0) is 12.8. The van der Waals surface area contributed by atoms with Gasteiger partial charge in [-0.3, -0.25) is 4.79 Å². The van der Waals surface area contributed by atoms with Crippen LogP contribution in [0.3, 0.4) is 0 Å². The molecule has 0 aliphatic rings. The van der Waals surface area contributed by atoms with Crippen molar-refractivity contribution in [2.24, 2.45) is 0 Å². The summed E-state index contributed by atoms with van der Waals surface area (Å²) in [7, 11) is 0. The predicted molar refractivity (Wildman–Crippen MR) is 60.9 cm³/mol. The van der Waals surface area contributed by atoms with E-state index in [9.17, 15) is 13.6 Å². The van der Waals surface area contributed by atoms with Gasteiger partial charge in [-0.2, -0.15) is 0 Å². The SMILES string of the molecule is CC(=O)NCCC#Cc1cc(F)c(N)c(F)c1. The van der Waals surface area contributed by atoms with Crippen LogP contribution >= 0.6 is 0 Å². The number of halogens is 2. The molecule has 1 amide bonds. The summed E-state index contributed by atoms with van der Waals surface area (Å²) in [5, 5.41) is 2.55. The Kier molecular flexibility index (Phi) is 4.46. The van der Waals surface area contributed by atoms with Gasteiger partial charge in [-0.1, -0.05) is 11.8 Å². The van der Waals surface area contributed by atoms with Gasteiger partial charge in [0.25, 0.3) is 0 Å². The van der Waals surface area contributed by atoms with Crippen molar-refractivity contribution in [1.82, 2.24) is 5.32 Å². The van der Waals surface area contributed by atoms with Crippen LogP contribution in [-0.2, 0) is 4.79 Å². The van der Waals surface area contributed by atoms with Crippen molar-refractivity contribution in [3.05, 3.63) is 29.3 Å². The molecule has 0 saturated carbocycles. The summed E-state index contributed by atoms with van der Waals surface area (Å²) in [6.07, 6.45) is 0.410. The Bertz CT molecular complexity index is 466. The van der Waals surface area contributed by atoms with Gasteiger partial charge in [-0.25, -0.2) is 8.78 Å². The van der Waals surface area contributed by atoms with E-state index in [0.717, 1.165) is 12.1 Å². The quantitative estimate of drug-likeness (QED) is 0.465. The van der Waals surface area contributed by atoms with E-state index in [2.05, 4.69) is 17.2 Å². The second kappa shape index (κ2) is 5.85. The van der Waals surface area contributed by atoms with Gasteiger partial charge in [-0.15, -0.1) is 0 Å². The van der Waals surface area contributed by atoms with Gasteiger partial charge in [0.05, 0.1) is 0 Å². The molecule has 17 heavy (non-hydrogen) atoms. The normalized spacial score (nSPS) is 9.35. The minimum Gasteiger partial charge on any atom is -0.394 e. The van der Waals surface area contributed by atoms with E-state index in [1.165, 1.54) is 6.92 Å². The topological polar surface area (TPSA) is 55.1 Å². The molecular formula is C12H12F2N2O. The van der Waals surface area contributed by atoms with Crippen molar-refractivity contribution in [2.45, 2.75) is 13.3 Å². The van der Waals surface area contributed by atoms with Crippen LogP contribution in [0.4, 0.5) is 14.5 Å². The number of hydrogen-bond donors (Lipinski definition) is 2. The number of amides is 1. The molecule has 0 spiro atoms. The minimum absolute atomic E-state index is 0.142. The second-order valence-electron chi connectivity index (χ2n) is 3.39. The number of nitrogens with two attached hydrogens (primary N) is 1. The number of benzene rings is 1. The molecule has 0 aromatic heterocycles. The Morgan fingerprint density at radius 2 is 2.00 bits per heavy atom. The van der Waals surface area contributed by atoms with Crippen LogP contribution in [-0.4, -0.2) is 12.5 Å². The van der Waals surface area contributed by atoms with Gasteiger partial charge in [0.15, 0.2) is 0 Å². The first-order chi connectivity index (χ1) is 8.00. The first-order valence-electron chi connectivity index (χ1n) is 4.98. The molecule has 0 aliphatic carbocycles. The van der Waals surface area contributed by atoms with Crippen LogP contribution in [0.5, 0.6) is 0 Å². The summed E-state index contributed by atoms with van der Waals surface area (Å²) in [6, 6.07) is 2.15. The fourth-order valence-electron chi connectivity index (χ4n) is 1.12. The van der Waals surface area contributed by atoms with E-state index in [0.29, 0.717) is 13.0 Å². The van der Waals surface area contributed by atoms with Gasteiger partial charge < -0.3 is 11.1 Å². The Morgan fingerprint density at radius 1 is 1.41 bits per heavy atom. The highest BCUT2D eigenvalue weighted by Crippen LogP contribution is 2.16. The zero-order valence-corrected chi connectivity index (χ0v) is 9.31. The molecule has 1 aromatic rings. The lowest BCUT2D eigenvalue weighted by Gasteiger charge is -1.99. The van der Waals surface area contributed by atoms with E-state index in [-0.39, 0.29) is 11.5 Å². The Hall–Kier alpha value is -2.09. The molecule has 0 aliphatic heterocycles. The largest absolute Gasteiger partial charge is 0.394 e. The fourth-order valence-corrected chi connectivity index (χ4v) is 1.12. The second-order valence-corrected chi connectivity index (χ2v) is 3.39. The van der Waals surface area contributed by atoms with Crippen molar-refractivity contribution < 1.29 is 13.6 Å². The van der Waals surface area contributed by atoms with Gasteiger partial charge >= 0.3 is 0 Å².